The van der Waals surface area contributed by atoms with Gasteiger partial charge in [-0.3, -0.25) is 4.79 Å². The van der Waals surface area contributed by atoms with Crippen molar-refractivity contribution < 1.29 is 23.5 Å². The van der Waals surface area contributed by atoms with Gasteiger partial charge >= 0.3 is 0 Å². The maximum atomic E-state index is 13.3. The van der Waals surface area contributed by atoms with Crippen LogP contribution in [0, 0.1) is 0 Å². The van der Waals surface area contributed by atoms with Crippen molar-refractivity contribution in [3.05, 3.63) is 53.9 Å². The number of aromatic nitrogens is 2. The lowest BCUT2D eigenvalue weighted by molar-refractivity contribution is 0.0688. The summed E-state index contributed by atoms with van der Waals surface area (Å²) in [7, 11) is 4.71. The number of hydrogen-bond donors (Lipinski definition) is 0. The van der Waals surface area contributed by atoms with Gasteiger partial charge in [0.15, 0.2) is 0 Å². The Kier molecular flexibility index (Phi) is 6.06. The maximum absolute atomic E-state index is 13.3. The van der Waals surface area contributed by atoms with E-state index in [1.165, 1.54) is 0 Å². The summed E-state index contributed by atoms with van der Waals surface area (Å²) in [6.45, 7) is 1.14. The Morgan fingerprint density at radius 2 is 1.74 bits per heavy atom. The van der Waals surface area contributed by atoms with E-state index in [0.29, 0.717) is 41.9 Å². The molecule has 4 rings (SSSR count). The molecule has 3 aromatic rings. The van der Waals surface area contributed by atoms with Crippen LogP contribution in [0.2, 0.25) is 0 Å². The van der Waals surface area contributed by atoms with Crippen molar-refractivity contribution in [3.63, 3.8) is 0 Å². The van der Waals surface area contributed by atoms with E-state index >= 15 is 0 Å². The zero-order chi connectivity index (χ0) is 21.8. The van der Waals surface area contributed by atoms with Crippen molar-refractivity contribution in [2.45, 2.75) is 18.8 Å². The van der Waals surface area contributed by atoms with Gasteiger partial charge < -0.3 is 23.6 Å². The first kappa shape index (κ1) is 20.7. The van der Waals surface area contributed by atoms with Crippen LogP contribution in [0.15, 0.2) is 47.0 Å². The van der Waals surface area contributed by atoms with E-state index in [2.05, 4.69) is 10.1 Å². The molecular weight excluding hydrogens is 398 g/mol. The quantitative estimate of drug-likeness (QED) is 0.596. The molecule has 162 valence electrons. The second-order valence-electron chi connectivity index (χ2n) is 7.31. The van der Waals surface area contributed by atoms with Crippen molar-refractivity contribution in [2.75, 3.05) is 34.4 Å². The maximum Gasteiger partial charge on any atom is 0.261 e. The Balaban J connectivity index is 1.53. The summed E-state index contributed by atoms with van der Waals surface area (Å²) in [6.07, 6.45) is 1.71. The lowest BCUT2D eigenvalue weighted by Gasteiger charge is -2.31. The van der Waals surface area contributed by atoms with Gasteiger partial charge in [-0.05, 0) is 49.2 Å². The fraction of sp³-hybridized carbons (Fsp3) is 0.348. The van der Waals surface area contributed by atoms with Crippen LogP contribution in [0.3, 0.4) is 0 Å². The van der Waals surface area contributed by atoms with Crippen LogP contribution in [-0.2, 0) is 0 Å². The molecule has 8 nitrogen and oxygen atoms in total. The SMILES string of the molecule is COc1ccc(-c2noc([C@@H]3CCCN(C(=O)c4c(OC)cccc4OC)C3)n2)cc1. The van der Waals surface area contributed by atoms with Crippen molar-refractivity contribution in [2.24, 2.45) is 0 Å². The van der Waals surface area contributed by atoms with Gasteiger partial charge in [0.25, 0.3) is 5.91 Å². The zero-order valence-electron chi connectivity index (χ0n) is 17.8. The molecule has 31 heavy (non-hydrogen) atoms. The second-order valence-corrected chi connectivity index (χ2v) is 7.31. The van der Waals surface area contributed by atoms with Gasteiger partial charge in [0, 0.05) is 18.7 Å². The Hall–Kier alpha value is -3.55. The number of amides is 1. The number of rotatable bonds is 6. The van der Waals surface area contributed by atoms with Crippen LogP contribution in [0.4, 0.5) is 0 Å². The normalized spacial score (nSPS) is 16.1. The summed E-state index contributed by atoms with van der Waals surface area (Å²) in [5.41, 5.74) is 1.27. The largest absolute Gasteiger partial charge is 0.497 e. The molecule has 1 aliphatic rings. The molecule has 1 amide bonds. The molecule has 0 spiro atoms. The number of piperidine rings is 1. The van der Waals surface area contributed by atoms with Crippen LogP contribution in [-0.4, -0.2) is 55.4 Å². The molecule has 0 aliphatic carbocycles. The van der Waals surface area contributed by atoms with Crippen LogP contribution >= 0.6 is 0 Å². The predicted octanol–water partition coefficient (Wildman–Crippen LogP) is 3.78. The van der Waals surface area contributed by atoms with Gasteiger partial charge in [0.1, 0.15) is 22.8 Å². The smallest absolute Gasteiger partial charge is 0.261 e. The summed E-state index contributed by atoms with van der Waals surface area (Å²) < 4.78 is 21.6. The number of likely N-dealkylation sites (tertiary alicyclic amines) is 1. The van der Waals surface area contributed by atoms with Crippen LogP contribution in [0.5, 0.6) is 17.2 Å². The Morgan fingerprint density at radius 3 is 2.39 bits per heavy atom. The fourth-order valence-corrected chi connectivity index (χ4v) is 3.84. The lowest BCUT2D eigenvalue weighted by Crippen LogP contribution is -2.39. The molecule has 2 aromatic carbocycles. The standard InChI is InChI=1S/C23H25N3O5/c1-28-17-11-9-15(10-12-17)21-24-22(31-25-21)16-6-5-13-26(14-16)23(27)20-18(29-2)7-4-8-19(20)30-3/h4,7-12,16H,5-6,13-14H2,1-3H3/t16-/m1/s1. The minimum absolute atomic E-state index is 0.0297. The molecule has 0 N–H and O–H groups in total. The van der Waals surface area contributed by atoms with Crippen molar-refractivity contribution >= 4 is 5.91 Å². The van der Waals surface area contributed by atoms with Gasteiger partial charge in [0.05, 0.1) is 27.2 Å². The third-order valence-corrected chi connectivity index (χ3v) is 5.49. The van der Waals surface area contributed by atoms with Crippen molar-refractivity contribution in [1.82, 2.24) is 15.0 Å². The highest BCUT2D eigenvalue weighted by atomic mass is 16.5. The highest BCUT2D eigenvalue weighted by molar-refractivity contribution is 5.99. The zero-order valence-corrected chi connectivity index (χ0v) is 17.8. The van der Waals surface area contributed by atoms with Crippen LogP contribution in [0.1, 0.15) is 35.0 Å². The van der Waals surface area contributed by atoms with Gasteiger partial charge in [-0.25, -0.2) is 0 Å². The van der Waals surface area contributed by atoms with Crippen molar-refractivity contribution in [3.8, 4) is 28.6 Å². The van der Waals surface area contributed by atoms with Gasteiger partial charge in [-0.1, -0.05) is 11.2 Å². The van der Waals surface area contributed by atoms with Gasteiger partial charge in [-0.15, -0.1) is 0 Å². The minimum atomic E-state index is -0.131. The molecule has 1 aromatic heterocycles. The summed E-state index contributed by atoms with van der Waals surface area (Å²) in [6, 6.07) is 12.8. The topological polar surface area (TPSA) is 86.9 Å². The summed E-state index contributed by atoms with van der Waals surface area (Å²) >= 11 is 0. The molecule has 0 saturated carbocycles. The van der Waals surface area contributed by atoms with E-state index in [1.54, 1.807) is 44.4 Å². The molecule has 1 atom stereocenters. The number of carbonyl (C=O) groups is 1. The van der Waals surface area contributed by atoms with E-state index < -0.39 is 0 Å². The number of hydrogen-bond acceptors (Lipinski definition) is 7. The summed E-state index contributed by atoms with van der Waals surface area (Å²) in [5.74, 6) is 2.65. The Bertz CT molecular complexity index is 1030. The number of methoxy groups -OCH3 is 3. The average Bonchev–Trinajstić information content (AvgIpc) is 3.33. The van der Waals surface area contributed by atoms with Crippen LogP contribution in [0.25, 0.3) is 11.4 Å². The lowest BCUT2D eigenvalue weighted by atomic mass is 9.97. The van der Waals surface area contributed by atoms with E-state index in [9.17, 15) is 4.79 Å². The first-order chi connectivity index (χ1) is 15.1. The number of benzene rings is 2. The number of carbonyl (C=O) groups excluding carboxylic acids is 1. The van der Waals surface area contributed by atoms with Gasteiger partial charge in [0.2, 0.25) is 11.7 Å². The first-order valence-electron chi connectivity index (χ1n) is 10.1. The Labute approximate surface area is 180 Å². The van der Waals surface area contributed by atoms with E-state index in [0.717, 1.165) is 24.2 Å². The Morgan fingerprint density at radius 1 is 1.03 bits per heavy atom. The third-order valence-electron chi connectivity index (χ3n) is 5.49. The predicted molar refractivity (Wildman–Crippen MR) is 114 cm³/mol. The average molecular weight is 423 g/mol. The molecular formula is C23H25N3O5. The molecule has 1 saturated heterocycles. The molecule has 8 heteroatoms. The molecule has 0 radical (unpaired) electrons. The molecule has 1 aliphatic heterocycles. The summed E-state index contributed by atoms with van der Waals surface area (Å²) in [5, 5.41) is 4.13. The number of nitrogens with zero attached hydrogens (tertiary/aromatic N) is 3. The van der Waals surface area contributed by atoms with Crippen LogP contribution < -0.4 is 14.2 Å². The highest BCUT2D eigenvalue weighted by Gasteiger charge is 2.31. The second kappa shape index (κ2) is 9.07. The fourth-order valence-electron chi connectivity index (χ4n) is 3.84. The highest BCUT2D eigenvalue weighted by Crippen LogP contribution is 2.33. The molecule has 0 unspecified atom stereocenters. The molecule has 1 fully saturated rings. The van der Waals surface area contributed by atoms with Gasteiger partial charge in [-0.2, -0.15) is 4.98 Å². The molecule has 2 heterocycles. The summed E-state index contributed by atoms with van der Waals surface area (Å²) in [4.78, 5) is 19.7. The third kappa shape index (κ3) is 4.19. The minimum Gasteiger partial charge on any atom is -0.497 e. The first-order valence-corrected chi connectivity index (χ1v) is 10.1. The van der Waals surface area contributed by atoms with E-state index in [4.69, 9.17) is 18.7 Å². The van der Waals surface area contributed by atoms with E-state index in [1.807, 2.05) is 24.3 Å². The van der Waals surface area contributed by atoms with E-state index in [-0.39, 0.29) is 11.8 Å². The number of ether oxygens (including phenoxy) is 3. The monoisotopic (exact) mass is 423 g/mol. The van der Waals surface area contributed by atoms with Crippen molar-refractivity contribution in [1.29, 1.82) is 0 Å². The molecule has 0 bridgehead atoms.